The summed E-state index contributed by atoms with van der Waals surface area (Å²) >= 11 is 0. The molecule has 4 nitrogen and oxygen atoms in total. The number of unbranched alkanes of at least 4 members (excludes halogenated alkanes) is 1. The first-order chi connectivity index (χ1) is 10.8. The molecule has 0 unspecified atom stereocenters. The van der Waals surface area contributed by atoms with Gasteiger partial charge in [-0.15, -0.1) is 0 Å². The summed E-state index contributed by atoms with van der Waals surface area (Å²) in [6.07, 6.45) is 8.29. The summed E-state index contributed by atoms with van der Waals surface area (Å²) in [4.78, 5) is 15.6. The minimum absolute atomic E-state index is 0.255. The van der Waals surface area contributed by atoms with E-state index >= 15 is 0 Å². The van der Waals surface area contributed by atoms with Crippen molar-refractivity contribution in [2.45, 2.75) is 63.8 Å². The van der Waals surface area contributed by atoms with Crippen LogP contribution in [0.25, 0.3) is 11.0 Å². The van der Waals surface area contributed by atoms with E-state index in [1.54, 1.807) is 0 Å². The summed E-state index contributed by atoms with van der Waals surface area (Å²) < 4.78 is 2.34. The summed E-state index contributed by atoms with van der Waals surface area (Å²) in [5, 5.41) is 8.78. The Morgan fingerprint density at radius 3 is 2.73 bits per heavy atom. The molecule has 0 saturated heterocycles. The maximum absolute atomic E-state index is 10.7. The zero-order valence-corrected chi connectivity index (χ0v) is 13.0. The van der Waals surface area contributed by atoms with E-state index in [4.69, 9.17) is 10.1 Å². The van der Waals surface area contributed by atoms with Crippen LogP contribution < -0.4 is 0 Å². The van der Waals surface area contributed by atoms with Gasteiger partial charge in [-0.1, -0.05) is 31.4 Å². The number of carboxylic acids is 1. The van der Waals surface area contributed by atoms with Crippen molar-refractivity contribution < 1.29 is 9.90 Å². The number of fused-ring (bicyclic) bond motifs is 1. The van der Waals surface area contributed by atoms with Crippen molar-refractivity contribution in [1.82, 2.24) is 9.55 Å². The van der Waals surface area contributed by atoms with Crippen LogP contribution in [-0.4, -0.2) is 20.6 Å². The van der Waals surface area contributed by atoms with Gasteiger partial charge in [0.05, 0.1) is 11.0 Å². The Hall–Kier alpha value is -1.84. The quantitative estimate of drug-likeness (QED) is 0.807. The summed E-state index contributed by atoms with van der Waals surface area (Å²) in [6.45, 7) is 0.875. The fourth-order valence-electron chi connectivity index (χ4n) is 3.55. The number of carbonyl (C=O) groups is 1. The van der Waals surface area contributed by atoms with Crippen molar-refractivity contribution in [3.63, 3.8) is 0 Å². The summed E-state index contributed by atoms with van der Waals surface area (Å²) in [6, 6.07) is 8.30. The lowest BCUT2D eigenvalue weighted by molar-refractivity contribution is -0.137. The highest BCUT2D eigenvalue weighted by Crippen LogP contribution is 2.34. The molecule has 1 heterocycles. The standard InChI is InChI=1S/C18H24N2O2/c21-17(22)12-6-7-13-20-16-11-5-4-10-15(16)19-18(20)14-8-2-1-3-9-14/h4-5,10-11,14H,1-3,6-9,12-13H2,(H,21,22). The summed E-state index contributed by atoms with van der Waals surface area (Å²) in [5.74, 6) is 1.08. The zero-order chi connectivity index (χ0) is 15.4. The van der Waals surface area contributed by atoms with Gasteiger partial charge in [-0.2, -0.15) is 0 Å². The molecule has 1 N–H and O–H groups in total. The molecular formula is C18H24N2O2. The minimum Gasteiger partial charge on any atom is -0.481 e. The Kier molecular flexibility index (Phi) is 4.76. The predicted octanol–water partition coefficient (Wildman–Crippen LogP) is 4.34. The van der Waals surface area contributed by atoms with Gasteiger partial charge >= 0.3 is 5.97 Å². The van der Waals surface area contributed by atoms with E-state index in [1.807, 2.05) is 6.07 Å². The third-order valence-electron chi connectivity index (χ3n) is 4.68. The highest BCUT2D eigenvalue weighted by molar-refractivity contribution is 5.76. The van der Waals surface area contributed by atoms with Gasteiger partial charge < -0.3 is 9.67 Å². The number of para-hydroxylation sites is 2. The maximum Gasteiger partial charge on any atom is 0.303 e. The monoisotopic (exact) mass is 300 g/mol. The summed E-state index contributed by atoms with van der Waals surface area (Å²) in [7, 11) is 0. The molecular weight excluding hydrogens is 276 g/mol. The van der Waals surface area contributed by atoms with Crippen molar-refractivity contribution in [1.29, 1.82) is 0 Å². The Balaban J connectivity index is 1.82. The van der Waals surface area contributed by atoms with Crippen molar-refractivity contribution in [3.05, 3.63) is 30.1 Å². The largest absolute Gasteiger partial charge is 0.481 e. The molecule has 3 rings (SSSR count). The van der Waals surface area contributed by atoms with Crippen LogP contribution in [0, 0.1) is 0 Å². The lowest BCUT2D eigenvalue weighted by Gasteiger charge is -2.22. The van der Waals surface area contributed by atoms with Gasteiger partial charge in [0.1, 0.15) is 5.82 Å². The average molecular weight is 300 g/mol. The summed E-state index contributed by atoms with van der Waals surface area (Å²) in [5.41, 5.74) is 2.26. The van der Waals surface area contributed by atoms with Crippen LogP contribution in [0.15, 0.2) is 24.3 Å². The fourth-order valence-corrected chi connectivity index (χ4v) is 3.55. The molecule has 1 fully saturated rings. The van der Waals surface area contributed by atoms with Gasteiger partial charge in [0.2, 0.25) is 0 Å². The lowest BCUT2D eigenvalue weighted by atomic mass is 9.88. The molecule has 1 aliphatic carbocycles. The molecule has 0 aliphatic heterocycles. The Morgan fingerprint density at radius 1 is 1.18 bits per heavy atom. The first kappa shape index (κ1) is 15.1. The SMILES string of the molecule is O=C(O)CCCCn1c(C2CCCCC2)nc2ccccc21. The van der Waals surface area contributed by atoms with Crippen molar-refractivity contribution >= 4 is 17.0 Å². The molecule has 1 aromatic carbocycles. The second-order valence-electron chi connectivity index (χ2n) is 6.30. The predicted molar refractivity (Wildman–Crippen MR) is 87.0 cm³/mol. The molecule has 1 aliphatic rings. The second kappa shape index (κ2) is 6.95. The van der Waals surface area contributed by atoms with E-state index in [9.17, 15) is 4.79 Å². The highest BCUT2D eigenvalue weighted by atomic mass is 16.4. The van der Waals surface area contributed by atoms with Crippen LogP contribution in [0.5, 0.6) is 0 Å². The number of nitrogens with zero attached hydrogens (tertiary/aromatic N) is 2. The fraction of sp³-hybridized carbons (Fsp3) is 0.556. The van der Waals surface area contributed by atoms with Crippen LogP contribution in [0.4, 0.5) is 0 Å². The first-order valence-electron chi connectivity index (χ1n) is 8.42. The van der Waals surface area contributed by atoms with E-state index in [0.29, 0.717) is 5.92 Å². The molecule has 0 radical (unpaired) electrons. The molecule has 1 aromatic heterocycles. The second-order valence-corrected chi connectivity index (χ2v) is 6.30. The van der Waals surface area contributed by atoms with Crippen molar-refractivity contribution in [3.8, 4) is 0 Å². The average Bonchev–Trinajstić information content (AvgIpc) is 2.91. The normalized spacial score (nSPS) is 16.2. The number of benzene rings is 1. The number of imidazole rings is 1. The molecule has 0 bridgehead atoms. The molecule has 4 heteroatoms. The lowest BCUT2D eigenvalue weighted by Crippen LogP contribution is -2.12. The van der Waals surface area contributed by atoms with Gasteiger partial charge in [-0.25, -0.2) is 4.98 Å². The number of hydrogen-bond donors (Lipinski definition) is 1. The third-order valence-corrected chi connectivity index (χ3v) is 4.68. The minimum atomic E-state index is -0.706. The van der Waals surface area contributed by atoms with Crippen LogP contribution >= 0.6 is 0 Å². The van der Waals surface area contributed by atoms with Crippen LogP contribution in [0.3, 0.4) is 0 Å². The molecule has 0 amide bonds. The highest BCUT2D eigenvalue weighted by Gasteiger charge is 2.22. The van der Waals surface area contributed by atoms with E-state index < -0.39 is 5.97 Å². The Labute approximate surface area is 131 Å². The molecule has 1 saturated carbocycles. The van der Waals surface area contributed by atoms with Gasteiger partial charge in [-0.3, -0.25) is 4.79 Å². The third kappa shape index (κ3) is 3.32. The molecule has 0 atom stereocenters. The van der Waals surface area contributed by atoms with Gasteiger partial charge in [-0.05, 0) is 37.8 Å². The number of rotatable bonds is 6. The molecule has 22 heavy (non-hydrogen) atoms. The van der Waals surface area contributed by atoms with Crippen LogP contribution in [0.1, 0.15) is 63.1 Å². The van der Waals surface area contributed by atoms with Gasteiger partial charge in [0.25, 0.3) is 0 Å². The maximum atomic E-state index is 10.7. The number of hydrogen-bond acceptors (Lipinski definition) is 2. The molecule has 2 aromatic rings. The smallest absolute Gasteiger partial charge is 0.303 e. The number of aryl methyl sites for hydroxylation is 1. The van der Waals surface area contributed by atoms with Gasteiger partial charge in [0, 0.05) is 18.9 Å². The van der Waals surface area contributed by atoms with E-state index in [-0.39, 0.29) is 6.42 Å². The number of aromatic nitrogens is 2. The van der Waals surface area contributed by atoms with Crippen LogP contribution in [-0.2, 0) is 11.3 Å². The molecule has 118 valence electrons. The Morgan fingerprint density at radius 2 is 1.95 bits per heavy atom. The van der Waals surface area contributed by atoms with E-state index in [0.717, 1.165) is 24.9 Å². The van der Waals surface area contributed by atoms with Gasteiger partial charge in [0.15, 0.2) is 0 Å². The van der Waals surface area contributed by atoms with E-state index in [2.05, 4.69) is 22.8 Å². The van der Waals surface area contributed by atoms with Crippen molar-refractivity contribution in [2.24, 2.45) is 0 Å². The van der Waals surface area contributed by atoms with Crippen molar-refractivity contribution in [2.75, 3.05) is 0 Å². The topological polar surface area (TPSA) is 55.1 Å². The zero-order valence-electron chi connectivity index (χ0n) is 13.0. The molecule has 0 spiro atoms. The number of carboxylic acid groups (broad SMARTS) is 1. The Bertz CT molecular complexity index is 642. The van der Waals surface area contributed by atoms with Crippen LogP contribution in [0.2, 0.25) is 0 Å². The number of aliphatic carboxylic acids is 1. The first-order valence-corrected chi connectivity index (χ1v) is 8.42. The van der Waals surface area contributed by atoms with E-state index in [1.165, 1.54) is 43.4 Å².